The van der Waals surface area contributed by atoms with Crippen molar-refractivity contribution in [2.24, 2.45) is 5.73 Å². The first-order chi connectivity index (χ1) is 8.17. The average molecular weight is 250 g/mol. The lowest BCUT2D eigenvalue weighted by Crippen LogP contribution is -2.43. The van der Waals surface area contributed by atoms with Gasteiger partial charge < -0.3 is 10.3 Å². The lowest BCUT2D eigenvalue weighted by molar-refractivity contribution is 0.181. The van der Waals surface area contributed by atoms with Gasteiger partial charge in [-0.3, -0.25) is 0 Å². The van der Waals surface area contributed by atoms with E-state index in [9.17, 15) is 0 Å². The standard InChI is InChI=1S/C12H12ClN3O/c13-9-4-1-3-8(7-9)10-15-11(17-16-10)12(14)5-2-6-12/h1,3-4,7H,2,5-6,14H2. The number of aromatic nitrogens is 2. The van der Waals surface area contributed by atoms with Crippen molar-refractivity contribution in [2.45, 2.75) is 24.8 Å². The summed E-state index contributed by atoms with van der Waals surface area (Å²) in [5.41, 5.74) is 6.55. The SMILES string of the molecule is NC1(c2nc(-c3cccc(Cl)c3)no2)CCC1. The number of nitrogens with zero attached hydrogens (tertiary/aromatic N) is 2. The van der Waals surface area contributed by atoms with E-state index >= 15 is 0 Å². The van der Waals surface area contributed by atoms with E-state index in [1.54, 1.807) is 6.07 Å². The van der Waals surface area contributed by atoms with Gasteiger partial charge in [-0.1, -0.05) is 28.9 Å². The molecule has 1 aliphatic carbocycles. The molecule has 1 aliphatic rings. The van der Waals surface area contributed by atoms with Crippen molar-refractivity contribution in [3.63, 3.8) is 0 Å². The van der Waals surface area contributed by atoms with Crippen LogP contribution in [0.4, 0.5) is 0 Å². The van der Waals surface area contributed by atoms with Crippen molar-refractivity contribution >= 4 is 11.6 Å². The first-order valence-corrected chi connectivity index (χ1v) is 5.94. The van der Waals surface area contributed by atoms with E-state index in [2.05, 4.69) is 10.1 Å². The molecule has 2 aromatic rings. The van der Waals surface area contributed by atoms with Crippen molar-refractivity contribution in [1.29, 1.82) is 0 Å². The van der Waals surface area contributed by atoms with Gasteiger partial charge in [0.15, 0.2) is 0 Å². The zero-order valence-corrected chi connectivity index (χ0v) is 9.94. The molecule has 0 amide bonds. The number of hydrogen-bond acceptors (Lipinski definition) is 4. The molecule has 3 rings (SSSR count). The highest BCUT2D eigenvalue weighted by Gasteiger charge is 2.39. The van der Waals surface area contributed by atoms with E-state index in [1.165, 1.54) is 0 Å². The Morgan fingerprint density at radius 3 is 2.82 bits per heavy atom. The van der Waals surface area contributed by atoms with E-state index in [0.29, 0.717) is 16.7 Å². The van der Waals surface area contributed by atoms with Crippen LogP contribution in [0.1, 0.15) is 25.2 Å². The van der Waals surface area contributed by atoms with Gasteiger partial charge in [-0.25, -0.2) is 0 Å². The van der Waals surface area contributed by atoms with Gasteiger partial charge in [-0.2, -0.15) is 4.98 Å². The summed E-state index contributed by atoms with van der Waals surface area (Å²) in [6.07, 6.45) is 2.93. The van der Waals surface area contributed by atoms with Crippen molar-refractivity contribution in [2.75, 3.05) is 0 Å². The van der Waals surface area contributed by atoms with E-state index in [0.717, 1.165) is 24.8 Å². The maximum absolute atomic E-state index is 6.12. The van der Waals surface area contributed by atoms with Crippen LogP contribution in [-0.2, 0) is 5.54 Å². The Bertz CT molecular complexity index is 548. The number of benzene rings is 1. The van der Waals surface area contributed by atoms with Crippen molar-refractivity contribution in [3.8, 4) is 11.4 Å². The lowest BCUT2D eigenvalue weighted by atomic mass is 9.78. The van der Waals surface area contributed by atoms with Gasteiger partial charge in [0.2, 0.25) is 11.7 Å². The molecule has 0 saturated heterocycles. The normalized spacial score (nSPS) is 17.8. The summed E-state index contributed by atoms with van der Waals surface area (Å²) in [6, 6.07) is 7.36. The monoisotopic (exact) mass is 249 g/mol. The summed E-state index contributed by atoms with van der Waals surface area (Å²) in [7, 11) is 0. The smallest absolute Gasteiger partial charge is 0.247 e. The summed E-state index contributed by atoms with van der Waals surface area (Å²) >= 11 is 5.92. The molecule has 1 aromatic heterocycles. The second kappa shape index (κ2) is 3.82. The third-order valence-corrected chi connectivity index (χ3v) is 3.42. The first-order valence-electron chi connectivity index (χ1n) is 5.56. The Morgan fingerprint density at radius 1 is 1.35 bits per heavy atom. The van der Waals surface area contributed by atoms with Gasteiger partial charge in [0.05, 0.1) is 5.54 Å². The molecule has 0 spiro atoms. The summed E-state index contributed by atoms with van der Waals surface area (Å²) in [6.45, 7) is 0. The topological polar surface area (TPSA) is 64.9 Å². The van der Waals surface area contributed by atoms with E-state index in [-0.39, 0.29) is 0 Å². The van der Waals surface area contributed by atoms with Crippen LogP contribution in [0.2, 0.25) is 5.02 Å². The molecule has 4 nitrogen and oxygen atoms in total. The van der Waals surface area contributed by atoms with Gasteiger partial charge in [-0.05, 0) is 31.4 Å². The first kappa shape index (κ1) is 10.7. The minimum atomic E-state index is -0.413. The molecular weight excluding hydrogens is 238 g/mol. The van der Waals surface area contributed by atoms with Gasteiger partial charge in [0, 0.05) is 10.6 Å². The Labute approximate surface area is 104 Å². The minimum absolute atomic E-state index is 0.413. The van der Waals surface area contributed by atoms with Gasteiger partial charge in [0.1, 0.15) is 0 Å². The highest BCUT2D eigenvalue weighted by atomic mass is 35.5. The maximum Gasteiger partial charge on any atom is 0.247 e. The Hall–Kier alpha value is -1.39. The van der Waals surface area contributed by atoms with Crippen LogP contribution >= 0.6 is 11.6 Å². The van der Waals surface area contributed by atoms with Crippen LogP contribution in [0.25, 0.3) is 11.4 Å². The predicted molar refractivity (Wildman–Crippen MR) is 64.5 cm³/mol. The molecule has 17 heavy (non-hydrogen) atoms. The summed E-state index contributed by atoms with van der Waals surface area (Å²) in [5.74, 6) is 1.07. The molecule has 1 saturated carbocycles. The quantitative estimate of drug-likeness (QED) is 0.889. The van der Waals surface area contributed by atoms with Crippen molar-refractivity contribution in [1.82, 2.24) is 10.1 Å². The largest absolute Gasteiger partial charge is 0.337 e. The molecule has 1 aromatic carbocycles. The summed E-state index contributed by atoms with van der Waals surface area (Å²) in [4.78, 5) is 4.35. The molecule has 88 valence electrons. The average Bonchev–Trinajstić information content (AvgIpc) is 2.75. The molecule has 0 atom stereocenters. The Morgan fingerprint density at radius 2 is 2.18 bits per heavy atom. The summed E-state index contributed by atoms with van der Waals surface area (Å²) in [5, 5.41) is 4.60. The number of nitrogens with two attached hydrogens (primary N) is 1. The second-order valence-corrected chi connectivity index (χ2v) is 4.88. The van der Waals surface area contributed by atoms with Crippen LogP contribution in [-0.4, -0.2) is 10.1 Å². The molecule has 1 fully saturated rings. The molecule has 0 aliphatic heterocycles. The van der Waals surface area contributed by atoms with Crippen LogP contribution in [0.15, 0.2) is 28.8 Å². The number of hydrogen-bond donors (Lipinski definition) is 1. The zero-order valence-electron chi connectivity index (χ0n) is 9.19. The Balaban J connectivity index is 1.95. The fourth-order valence-electron chi connectivity index (χ4n) is 1.94. The van der Waals surface area contributed by atoms with Crippen molar-refractivity contribution < 1.29 is 4.52 Å². The highest BCUT2D eigenvalue weighted by molar-refractivity contribution is 6.30. The zero-order chi connectivity index (χ0) is 11.9. The molecule has 1 heterocycles. The van der Waals surface area contributed by atoms with Crippen LogP contribution in [0.3, 0.4) is 0 Å². The fraction of sp³-hybridized carbons (Fsp3) is 0.333. The van der Waals surface area contributed by atoms with Crippen LogP contribution < -0.4 is 5.73 Å². The molecule has 0 unspecified atom stereocenters. The number of halogens is 1. The molecule has 5 heteroatoms. The van der Waals surface area contributed by atoms with Gasteiger partial charge >= 0.3 is 0 Å². The van der Waals surface area contributed by atoms with E-state index < -0.39 is 5.54 Å². The van der Waals surface area contributed by atoms with Crippen LogP contribution in [0, 0.1) is 0 Å². The Kier molecular flexibility index (Phi) is 2.42. The molecule has 2 N–H and O–H groups in total. The molecular formula is C12H12ClN3O. The third kappa shape index (κ3) is 1.83. The maximum atomic E-state index is 6.12. The minimum Gasteiger partial charge on any atom is -0.337 e. The van der Waals surface area contributed by atoms with E-state index in [4.69, 9.17) is 21.9 Å². The van der Waals surface area contributed by atoms with Crippen LogP contribution in [0.5, 0.6) is 0 Å². The van der Waals surface area contributed by atoms with Gasteiger partial charge in [-0.15, -0.1) is 0 Å². The molecule has 0 radical (unpaired) electrons. The highest BCUT2D eigenvalue weighted by Crippen LogP contribution is 2.38. The van der Waals surface area contributed by atoms with Crippen molar-refractivity contribution in [3.05, 3.63) is 35.2 Å². The lowest BCUT2D eigenvalue weighted by Gasteiger charge is -2.33. The van der Waals surface area contributed by atoms with Gasteiger partial charge in [0.25, 0.3) is 0 Å². The number of rotatable bonds is 2. The fourth-order valence-corrected chi connectivity index (χ4v) is 2.13. The predicted octanol–water partition coefficient (Wildman–Crippen LogP) is 2.73. The second-order valence-electron chi connectivity index (χ2n) is 4.44. The van der Waals surface area contributed by atoms with E-state index in [1.807, 2.05) is 18.2 Å². The third-order valence-electron chi connectivity index (χ3n) is 3.18. The molecule has 0 bridgehead atoms. The summed E-state index contributed by atoms with van der Waals surface area (Å²) < 4.78 is 5.24.